The number of likely N-dealkylation sites (tertiary alicyclic amines) is 1. The normalized spacial score (nSPS) is 28.9. The molecule has 0 spiro atoms. The average molecular weight is 435 g/mol. The van der Waals surface area contributed by atoms with E-state index in [-0.39, 0.29) is 17.7 Å². The summed E-state index contributed by atoms with van der Waals surface area (Å²) in [6.07, 6.45) is 8.01. The standard InChI is InChI=1S/C26H30N2O2S/c1-2-27-25(30)26(16-19-5-3-6-21(14-19)23-7-4-12-31-23)10-11-28(17-26)24(29)22-15-18-8-9-20(22)13-18/h3-9,12,14,18,20,22H,2,10-11,13,15-17H2,1H3,(H,27,30)/t18-,20+,22-,26+/m1/s1. The molecule has 1 saturated carbocycles. The molecular weight excluding hydrogens is 404 g/mol. The fourth-order valence-corrected chi connectivity index (χ4v) is 6.51. The van der Waals surface area contributed by atoms with Gasteiger partial charge in [0.25, 0.3) is 0 Å². The second-order valence-corrected chi connectivity index (χ2v) is 10.3. The van der Waals surface area contributed by atoms with Gasteiger partial charge in [0, 0.05) is 30.4 Å². The highest BCUT2D eigenvalue weighted by Gasteiger charge is 2.49. The van der Waals surface area contributed by atoms with Crippen molar-refractivity contribution in [3.8, 4) is 10.4 Å². The van der Waals surface area contributed by atoms with Gasteiger partial charge in [0.05, 0.1) is 5.41 Å². The Morgan fingerprint density at radius 3 is 2.81 bits per heavy atom. The number of hydrogen-bond donors (Lipinski definition) is 1. The van der Waals surface area contributed by atoms with Crippen LogP contribution in [0.4, 0.5) is 0 Å². The Morgan fingerprint density at radius 1 is 1.19 bits per heavy atom. The van der Waals surface area contributed by atoms with Crippen LogP contribution in [0.1, 0.15) is 31.7 Å². The monoisotopic (exact) mass is 434 g/mol. The third-order valence-corrected chi connectivity index (χ3v) is 8.27. The van der Waals surface area contributed by atoms with Crippen LogP contribution in [-0.4, -0.2) is 36.3 Å². The number of nitrogens with one attached hydrogen (secondary N) is 1. The second-order valence-electron chi connectivity index (χ2n) is 9.39. The molecule has 4 nitrogen and oxygen atoms in total. The molecule has 2 fully saturated rings. The summed E-state index contributed by atoms with van der Waals surface area (Å²) >= 11 is 1.73. The lowest BCUT2D eigenvalue weighted by atomic mass is 9.79. The molecule has 5 rings (SSSR count). The first kappa shape index (κ1) is 20.5. The van der Waals surface area contributed by atoms with E-state index in [0.717, 1.165) is 24.8 Å². The molecule has 2 heterocycles. The van der Waals surface area contributed by atoms with Gasteiger partial charge in [0.2, 0.25) is 11.8 Å². The third kappa shape index (κ3) is 3.84. The largest absolute Gasteiger partial charge is 0.356 e. The quantitative estimate of drug-likeness (QED) is 0.680. The van der Waals surface area contributed by atoms with Crippen molar-refractivity contribution >= 4 is 23.2 Å². The van der Waals surface area contributed by atoms with E-state index in [0.29, 0.717) is 37.9 Å². The molecule has 1 saturated heterocycles. The summed E-state index contributed by atoms with van der Waals surface area (Å²) in [5.41, 5.74) is 1.81. The zero-order valence-corrected chi connectivity index (χ0v) is 18.9. The SMILES string of the molecule is CCNC(=O)[C@]1(Cc2cccc(-c3cccs3)c2)CCN(C(=O)[C@@H]2C[C@@H]3C=C[C@H]2C3)C1. The number of allylic oxidation sites excluding steroid dienone is 2. The van der Waals surface area contributed by atoms with E-state index in [1.807, 2.05) is 11.8 Å². The Morgan fingerprint density at radius 2 is 2.10 bits per heavy atom. The summed E-state index contributed by atoms with van der Waals surface area (Å²) in [4.78, 5) is 29.8. The van der Waals surface area contributed by atoms with Crippen molar-refractivity contribution in [2.24, 2.45) is 23.2 Å². The van der Waals surface area contributed by atoms with Crippen LogP contribution in [0.2, 0.25) is 0 Å². The van der Waals surface area contributed by atoms with Gasteiger partial charge in [-0.05, 0) is 67.0 Å². The lowest BCUT2D eigenvalue weighted by molar-refractivity contribution is -0.136. The minimum absolute atomic E-state index is 0.0830. The summed E-state index contributed by atoms with van der Waals surface area (Å²) < 4.78 is 0. The van der Waals surface area contributed by atoms with Gasteiger partial charge in [-0.1, -0.05) is 42.5 Å². The topological polar surface area (TPSA) is 49.4 Å². The van der Waals surface area contributed by atoms with Crippen LogP contribution in [0.15, 0.2) is 53.9 Å². The minimum Gasteiger partial charge on any atom is -0.356 e. The number of hydrogen-bond acceptors (Lipinski definition) is 3. The molecule has 0 unspecified atom stereocenters. The van der Waals surface area contributed by atoms with Crippen molar-refractivity contribution in [1.82, 2.24) is 10.2 Å². The van der Waals surface area contributed by atoms with Gasteiger partial charge in [-0.25, -0.2) is 0 Å². The molecule has 3 aliphatic rings. The molecule has 1 aliphatic heterocycles. The molecule has 5 heteroatoms. The van der Waals surface area contributed by atoms with E-state index >= 15 is 0 Å². The molecule has 1 aromatic heterocycles. The van der Waals surface area contributed by atoms with E-state index in [2.05, 4.69) is 59.2 Å². The number of benzene rings is 1. The Balaban J connectivity index is 1.37. The number of nitrogens with zero attached hydrogens (tertiary/aromatic N) is 1. The summed E-state index contributed by atoms with van der Waals surface area (Å²) in [7, 11) is 0. The molecule has 1 N–H and O–H groups in total. The first-order valence-electron chi connectivity index (χ1n) is 11.5. The summed E-state index contributed by atoms with van der Waals surface area (Å²) in [5.74, 6) is 1.44. The Labute approximate surface area is 188 Å². The number of carbonyl (C=O) groups excluding carboxylic acids is 2. The zero-order valence-electron chi connectivity index (χ0n) is 18.0. The van der Waals surface area contributed by atoms with E-state index in [9.17, 15) is 9.59 Å². The maximum absolute atomic E-state index is 13.3. The molecule has 0 radical (unpaired) electrons. The predicted octanol–water partition coefficient (Wildman–Crippen LogP) is 4.52. The minimum atomic E-state index is -0.548. The summed E-state index contributed by atoms with van der Waals surface area (Å²) in [6, 6.07) is 12.7. The summed E-state index contributed by atoms with van der Waals surface area (Å²) in [5, 5.41) is 5.15. The first-order chi connectivity index (χ1) is 15.1. The Hall–Kier alpha value is -2.40. The Bertz CT molecular complexity index is 999. The smallest absolute Gasteiger partial charge is 0.228 e. The molecule has 2 bridgehead atoms. The van der Waals surface area contributed by atoms with Crippen molar-refractivity contribution in [3.05, 3.63) is 59.5 Å². The van der Waals surface area contributed by atoms with Crippen molar-refractivity contribution in [3.63, 3.8) is 0 Å². The number of carbonyl (C=O) groups is 2. The molecule has 1 aromatic carbocycles. The van der Waals surface area contributed by atoms with Crippen molar-refractivity contribution in [2.45, 2.75) is 32.6 Å². The lowest BCUT2D eigenvalue weighted by Gasteiger charge is -2.30. The van der Waals surface area contributed by atoms with Crippen molar-refractivity contribution < 1.29 is 9.59 Å². The maximum atomic E-state index is 13.3. The highest BCUT2D eigenvalue weighted by Crippen LogP contribution is 2.45. The fourth-order valence-electron chi connectivity index (χ4n) is 5.79. The average Bonchev–Trinajstić information content (AvgIpc) is 3.58. The van der Waals surface area contributed by atoms with Crippen molar-refractivity contribution in [1.29, 1.82) is 0 Å². The third-order valence-electron chi connectivity index (χ3n) is 7.36. The molecule has 2 amide bonds. The summed E-state index contributed by atoms with van der Waals surface area (Å²) in [6.45, 7) is 3.78. The van der Waals surface area contributed by atoms with Crippen molar-refractivity contribution in [2.75, 3.05) is 19.6 Å². The van der Waals surface area contributed by atoms with E-state index in [4.69, 9.17) is 0 Å². The van der Waals surface area contributed by atoms with Crippen LogP contribution in [0, 0.1) is 23.2 Å². The van der Waals surface area contributed by atoms with Gasteiger partial charge < -0.3 is 10.2 Å². The van der Waals surface area contributed by atoms with Gasteiger partial charge in [0.15, 0.2) is 0 Å². The zero-order chi connectivity index (χ0) is 21.4. The molecule has 31 heavy (non-hydrogen) atoms. The van der Waals surface area contributed by atoms with E-state index in [1.165, 1.54) is 10.4 Å². The van der Waals surface area contributed by atoms with Gasteiger partial charge >= 0.3 is 0 Å². The lowest BCUT2D eigenvalue weighted by Crippen LogP contribution is -2.46. The van der Waals surface area contributed by atoms with Crippen LogP contribution in [-0.2, 0) is 16.0 Å². The molecule has 2 aliphatic carbocycles. The Kier molecular flexibility index (Phi) is 5.47. The second kappa shape index (κ2) is 8.27. The first-order valence-corrected chi connectivity index (χ1v) is 12.3. The number of amides is 2. The van der Waals surface area contributed by atoms with Gasteiger partial charge in [-0.3, -0.25) is 9.59 Å². The molecule has 4 atom stereocenters. The van der Waals surface area contributed by atoms with E-state index in [1.54, 1.807) is 11.3 Å². The maximum Gasteiger partial charge on any atom is 0.228 e. The van der Waals surface area contributed by atoms with Crippen LogP contribution >= 0.6 is 11.3 Å². The van der Waals surface area contributed by atoms with Gasteiger partial charge in [0.1, 0.15) is 0 Å². The predicted molar refractivity (Wildman–Crippen MR) is 125 cm³/mol. The molecule has 162 valence electrons. The van der Waals surface area contributed by atoms with Gasteiger partial charge in [-0.15, -0.1) is 11.3 Å². The molecule has 2 aromatic rings. The highest BCUT2D eigenvalue weighted by molar-refractivity contribution is 7.13. The van der Waals surface area contributed by atoms with E-state index < -0.39 is 5.41 Å². The number of fused-ring (bicyclic) bond motifs is 2. The fraction of sp³-hybridized carbons (Fsp3) is 0.462. The number of rotatable bonds is 6. The van der Waals surface area contributed by atoms with Crippen LogP contribution in [0.25, 0.3) is 10.4 Å². The number of thiophene rings is 1. The van der Waals surface area contributed by atoms with Crippen LogP contribution in [0.5, 0.6) is 0 Å². The van der Waals surface area contributed by atoms with Crippen LogP contribution in [0.3, 0.4) is 0 Å². The van der Waals surface area contributed by atoms with Gasteiger partial charge in [-0.2, -0.15) is 0 Å². The van der Waals surface area contributed by atoms with Crippen LogP contribution < -0.4 is 5.32 Å². The highest BCUT2D eigenvalue weighted by atomic mass is 32.1. The molecular formula is C26H30N2O2S.